The summed E-state index contributed by atoms with van der Waals surface area (Å²) in [5.41, 5.74) is 3.77. The lowest BCUT2D eigenvalue weighted by Gasteiger charge is -2.46. The molecular weight excluding hydrogens is 334 g/mol. The Morgan fingerprint density at radius 1 is 1.00 bits per heavy atom. The van der Waals surface area contributed by atoms with E-state index in [4.69, 9.17) is 18.9 Å². The Morgan fingerprint density at radius 2 is 1.77 bits per heavy atom. The molecule has 0 amide bonds. The lowest BCUT2D eigenvalue weighted by atomic mass is 9.77. The lowest BCUT2D eigenvalue weighted by Crippen LogP contribution is -2.51. The fourth-order valence-electron chi connectivity index (χ4n) is 4.99. The van der Waals surface area contributed by atoms with Gasteiger partial charge in [0.15, 0.2) is 23.0 Å². The third-order valence-corrected chi connectivity index (χ3v) is 6.32. The minimum absolute atomic E-state index is 0.205. The predicted octanol–water partition coefficient (Wildman–Crippen LogP) is 2.12. The highest BCUT2D eigenvalue weighted by atomic mass is 16.7. The van der Waals surface area contributed by atoms with Crippen LogP contribution in [0, 0.1) is 0 Å². The second-order valence-electron chi connectivity index (χ2n) is 7.41. The van der Waals surface area contributed by atoms with E-state index in [0.29, 0.717) is 11.5 Å². The van der Waals surface area contributed by atoms with E-state index in [1.807, 2.05) is 6.07 Å². The molecule has 1 N–H and O–H groups in total. The molecule has 2 atom stereocenters. The summed E-state index contributed by atoms with van der Waals surface area (Å²) in [4.78, 5) is 2.27. The van der Waals surface area contributed by atoms with Crippen LogP contribution in [0.3, 0.4) is 0 Å². The Labute approximate surface area is 150 Å². The fraction of sp³-hybridized carbons (Fsp3) is 0.400. The number of rotatable bonds is 0. The maximum atomic E-state index is 11.5. The highest BCUT2D eigenvalue weighted by Gasteiger charge is 2.54. The van der Waals surface area contributed by atoms with Crippen molar-refractivity contribution in [2.45, 2.75) is 24.5 Å². The first-order valence-electron chi connectivity index (χ1n) is 8.92. The van der Waals surface area contributed by atoms with Crippen LogP contribution in [0.4, 0.5) is 0 Å². The lowest BCUT2D eigenvalue weighted by molar-refractivity contribution is -0.0205. The molecule has 4 aliphatic rings. The van der Waals surface area contributed by atoms with Gasteiger partial charge in [-0.05, 0) is 54.8 Å². The molecule has 1 aliphatic carbocycles. The quantitative estimate of drug-likeness (QED) is 0.783. The Morgan fingerprint density at radius 3 is 2.65 bits per heavy atom. The van der Waals surface area contributed by atoms with Gasteiger partial charge in [-0.1, -0.05) is 6.07 Å². The number of aliphatic hydroxyl groups excluding tert-OH is 1. The molecule has 0 bridgehead atoms. The molecular formula is C20H19NO5. The van der Waals surface area contributed by atoms with E-state index >= 15 is 0 Å². The van der Waals surface area contributed by atoms with Crippen LogP contribution in [0.5, 0.6) is 23.0 Å². The molecule has 6 rings (SSSR count). The molecule has 0 saturated heterocycles. The largest absolute Gasteiger partial charge is 0.454 e. The zero-order valence-electron chi connectivity index (χ0n) is 14.4. The summed E-state index contributed by atoms with van der Waals surface area (Å²) in [5.74, 6) is 2.95. The topological polar surface area (TPSA) is 60.4 Å². The van der Waals surface area contributed by atoms with Crippen molar-refractivity contribution in [1.82, 2.24) is 4.90 Å². The number of benzene rings is 2. The zero-order chi connectivity index (χ0) is 17.5. The molecule has 3 aliphatic heterocycles. The molecule has 134 valence electrons. The van der Waals surface area contributed by atoms with Crippen molar-refractivity contribution in [1.29, 1.82) is 0 Å². The van der Waals surface area contributed by atoms with E-state index in [1.54, 1.807) is 0 Å². The summed E-state index contributed by atoms with van der Waals surface area (Å²) in [5, 5.41) is 11.5. The van der Waals surface area contributed by atoms with Crippen molar-refractivity contribution in [3.05, 3.63) is 46.5 Å². The van der Waals surface area contributed by atoms with Crippen LogP contribution in [0.15, 0.2) is 24.3 Å². The minimum Gasteiger partial charge on any atom is -0.454 e. The molecule has 3 heterocycles. The summed E-state index contributed by atoms with van der Waals surface area (Å²) in [6.07, 6.45) is 0.951. The van der Waals surface area contributed by atoms with E-state index in [0.717, 1.165) is 47.6 Å². The first kappa shape index (κ1) is 14.7. The van der Waals surface area contributed by atoms with Gasteiger partial charge in [-0.2, -0.15) is 0 Å². The van der Waals surface area contributed by atoms with Gasteiger partial charge < -0.3 is 24.1 Å². The van der Waals surface area contributed by atoms with Gasteiger partial charge in [-0.15, -0.1) is 0 Å². The molecule has 0 fully saturated rings. The third-order valence-electron chi connectivity index (χ3n) is 6.32. The molecule has 6 heteroatoms. The van der Waals surface area contributed by atoms with Crippen molar-refractivity contribution < 1.29 is 24.1 Å². The fourth-order valence-corrected chi connectivity index (χ4v) is 4.99. The van der Waals surface area contributed by atoms with Gasteiger partial charge in [0.25, 0.3) is 0 Å². The summed E-state index contributed by atoms with van der Waals surface area (Å²) in [6, 6.07) is 8.12. The molecule has 0 unspecified atom stereocenters. The van der Waals surface area contributed by atoms with Gasteiger partial charge in [0.2, 0.25) is 13.6 Å². The van der Waals surface area contributed by atoms with Crippen LogP contribution in [0.25, 0.3) is 0 Å². The van der Waals surface area contributed by atoms with E-state index in [1.165, 1.54) is 5.56 Å². The monoisotopic (exact) mass is 353 g/mol. The van der Waals surface area contributed by atoms with Gasteiger partial charge in [0, 0.05) is 12.1 Å². The van der Waals surface area contributed by atoms with Gasteiger partial charge >= 0.3 is 0 Å². The average molecular weight is 353 g/mol. The number of hydrogen-bond acceptors (Lipinski definition) is 6. The molecule has 6 nitrogen and oxygen atoms in total. The van der Waals surface area contributed by atoms with Crippen molar-refractivity contribution in [3.8, 4) is 23.0 Å². The molecule has 0 aromatic heterocycles. The van der Waals surface area contributed by atoms with E-state index in [9.17, 15) is 5.11 Å². The molecule has 2 aromatic carbocycles. The summed E-state index contributed by atoms with van der Waals surface area (Å²) in [7, 11) is 2.08. The van der Waals surface area contributed by atoms with Crippen LogP contribution in [-0.4, -0.2) is 37.2 Å². The number of likely N-dealkylation sites (N-methyl/N-ethyl adjacent to an activating group) is 1. The smallest absolute Gasteiger partial charge is 0.231 e. The second-order valence-corrected chi connectivity index (χ2v) is 7.41. The van der Waals surface area contributed by atoms with Gasteiger partial charge in [0.05, 0.1) is 5.54 Å². The van der Waals surface area contributed by atoms with Gasteiger partial charge in [-0.25, -0.2) is 0 Å². The highest BCUT2D eigenvalue weighted by molar-refractivity contribution is 5.61. The van der Waals surface area contributed by atoms with Crippen molar-refractivity contribution in [3.63, 3.8) is 0 Å². The van der Waals surface area contributed by atoms with Crippen LogP contribution in [-0.2, 0) is 18.4 Å². The summed E-state index contributed by atoms with van der Waals surface area (Å²) < 4.78 is 22.4. The van der Waals surface area contributed by atoms with E-state index in [2.05, 4.69) is 30.1 Å². The zero-order valence-corrected chi connectivity index (χ0v) is 14.4. The number of nitrogens with zero attached hydrogens (tertiary/aromatic N) is 1. The standard InChI is InChI=1S/C20H19NO5/c1-21-5-4-11-6-15-16(25-9-24-15)7-13(11)20(21)8-12-2-3-14-18(26-10-23-14)17(12)19(20)22/h2-3,6-7,19,22H,4-5,8-10H2,1H3/t19-,20+/m1/s1. The average Bonchev–Trinajstić information content (AvgIpc) is 3.35. The Hall–Kier alpha value is -2.44. The van der Waals surface area contributed by atoms with Crippen LogP contribution in [0.1, 0.15) is 28.4 Å². The first-order valence-corrected chi connectivity index (χ1v) is 8.92. The molecule has 0 radical (unpaired) electrons. The van der Waals surface area contributed by atoms with Gasteiger partial charge in [0.1, 0.15) is 6.10 Å². The van der Waals surface area contributed by atoms with E-state index < -0.39 is 11.6 Å². The Bertz CT molecular complexity index is 942. The molecule has 1 spiro atoms. The van der Waals surface area contributed by atoms with E-state index in [-0.39, 0.29) is 13.6 Å². The van der Waals surface area contributed by atoms with Gasteiger partial charge in [-0.3, -0.25) is 4.90 Å². The summed E-state index contributed by atoms with van der Waals surface area (Å²) in [6.45, 7) is 1.33. The van der Waals surface area contributed by atoms with Crippen molar-refractivity contribution in [2.75, 3.05) is 27.2 Å². The maximum Gasteiger partial charge on any atom is 0.231 e. The Balaban J connectivity index is 1.57. The first-order chi connectivity index (χ1) is 12.7. The maximum absolute atomic E-state index is 11.5. The SMILES string of the molecule is CN1CCc2cc3c(cc2[C@]12Cc1ccc4c(c1[C@H]2O)OCO4)OCO3. The normalized spacial score (nSPS) is 27.7. The van der Waals surface area contributed by atoms with Crippen LogP contribution >= 0.6 is 0 Å². The Kier molecular flexibility index (Phi) is 2.74. The summed E-state index contributed by atoms with van der Waals surface area (Å²) >= 11 is 0. The number of ether oxygens (including phenoxy) is 4. The molecule has 2 aromatic rings. The number of fused-ring (bicyclic) bond motifs is 6. The predicted molar refractivity (Wildman–Crippen MR) is 91.8 cm³/mol. The second kappa shape index (κ2) is 4.84. The van der Waals surface area contributed by atoms with Crippen LogP contribution < -0.4 is 18.9 Å². The highest BCUT2D eigenvalue weighted by Crippen LogP contribution is 2.57. The van der Waals surface area contributed by atoms with Crippen molar-refractivity contribution >= 4 is 0 Å². The molecule has 0 saturated carbocycles. The van der Waals surface area contributed by atoms with Crippen molar-refractivity contribution in [2.24, 2.45) is 0 Å². The number of aliphatic hydroxyl groups is 1. The third kappa shape index (κ3) is 1.64. The molecule has 26 heavy (non-hydrogen) atoms. The number of hydrogen-bond donors (Lipinski definition) is 1. The van der Waals surface area contributed by atoms with Crippen LogP contribution in [0.2, 0.25) is 0 Å². The minimum atomic E-state index is -0.696.